The number of aromatic nitrogens is 2. The molecule has 0 unspecified atom stereocenters. The first-order valence-electron chi connectivity index (χ1n) is 6.61. The van der Waals surface area contributed by atoms with Gasteiger partial charge in [0.2, 0.25) is 0 Å². The molecule has 2 heterocycles. The van der Waals surface area contributed by atoms with Gasteiger partial charge in [0.15, 0.2) is 5.82 Å². The summed E-state index contributed by atoms with van der Waals surface area (Å²) in [5.41, 5.74) is 0.782. The van der Waals surface area contributed by atoms with Crippen molar-refractivity contribution < 1.29 is 19.0 Å². The van der Waals surface area contributed by atoms with Crippen molar-refractivity contribution in [3.8, 4) is 0 Å². The van der Waals surface area contributed by atoms with Gasteiger partial charge in [0.05, 0.1) is 5.52 Å². The Bertz CT molecular complexity index is 647. The Morgan fingerprint density at radius 1 is 1.45 bits per heavy atom. The zero-order valence-corrected chi connectivity index (χ0v) is 10.9. The Hall–Kier alpha value is -1.95. The highest BCUT2D eigenvalue weighted by atomic mass is 19.1. The summed E-state index contributed by atoms with van der Waals surface area (Å²) in [6.45, 7) is 1.06. The molecular formula is C14H15FN2O3. The average molecular weight is 278 g/mol. The van der Waals surface area contributed by atoms with Crippen molar-refractivity contribution in [2.24, 2.45) is 0 Å². The molecule has 3 rings (SSSR count). The molecule has 1 aliphatic heterocycles. The lowest BCUT2D eigenvalue weighted by Crippen LogP contribution is -2.20. The van der Waals surface area contributed by atoms with Crippen molar-refractivity contribution >= 4 is 17.0 Å². The molecule has 1 aromatic heterocycles. The van der Waals surface area contributed by atoms with Crippen molar-refractivity contribution in [1.82, 2.24) is 9.55 Å². The maximum Gasteiger partial charge on any atom is 0.323 e. The minimum absolute atomic E-state index is 0.120. The first kappa shape index (κ1) is 13.1. The molecule has 0 saturated carbocycles. The number of carbonyl (C=O) groups is 1. The highest BCUT2D eigenvalue weighted by Crippen LogP contribution is 2.30. The van der Waals surface area contributed by atoms with Gasteiger partial charge in [-0.25, -0.2) is 9.37 Å². The van der Waals surface area contributed by atoms with E-state index in [2.05, 4.69) is 4.98 Å². The van der Waals surface area contributed by atoms with Crippen LogP contribution in [0, 0.1) is 5.82 Å². The van der Waals surface area contributed by atoms with E-state index in [9.17, 15) is 9.18 Å². The number of aliphatic carboxylic acids is 1. The van der Waals surface area contributed by atoms with Crippen LogP contribution in [0.2, 0.25) is 0 Å². The first-order chi connectivity index (χ1) is 9.66. The van der Waals surface area contributed by atoms with Gasteiger partial charge in [0.25, 0.3) is 0 Å². The smallest absolute Gasteiger partial charge is 0.323 e. The lowest BCUT2D eigenvalue weighted by Gasteiger charge is -2.22. The topological polar surface area (TPSA) is 64.3 Å². The van der Waals surface area contributed by atoms with Gasteiger partial charge < -0.3 is 14.4 Å². The van der Waals surface area contributed by atoms with Crippen LogP contribution in [0.1, 0.15) is 24.6 Å². The standard InChI is InChI=1S/C14H15FN2O3/c15-10-2-1-3-11-13(10)16-14(17(11)8-12(18)19)9-4-6-20-7-5-9/h1-3,9H,4-8H2,(H,18,19). The molecule has 0 bridgehead atoms. The van der Waals surface area contributed by atoms with Gasteiger partial charge in [-0.05, 0) is 25.0 Å². The summed E-state index contributed by atoms with van der Waals surface area (Å²) < 4.78 is 20.8. The number of halogens is 1. The molecular weight excluding hydrogens is 263 g/mol. The number of ether oxygens (including phenoxy) is 1. The van der Waals surface area contributed by atoms with Crippen LogP contribution in [-0.4, -0.2) is 33.8 Å². The van der Waals surface area contributed by atoms with E-state index in [1.54, 1.807) is 16.7 Å². The summed E-state index contributed by atoms with van der Waals surface area (Å²) in [6, 6.07) is 4.62. The Morgan fingerprint density at radius 3 is 2.90 bits per heavy atom. The lowest BCUT2D eigenvalue weighted by molar-refractivity contribution is -0.137. The summed E-state index contributed by atoms with van der Waals surface area (Å²) in [5, 5.41) is 9.07. The Morgan fingerprint density at radius 2 is 2.20 bits per heavy atom. The third-order valence-electron chi connectivity index (χ3n) is 3.64. The van der Waals surface area contributed by atoms with Crippen LogP contribution in [0.3, 0.4) is 0 Å². The summed E-state index contributed by atoms with van der Waals surface area (Å²) >= 11 is 0. The average Bonchev–Trinajstić information content (AvgIpc) is 2.80. The Balaban J connectivity index is 2.13. The monoisotopic (exact) mass is 278 g/mol. The number of para-hydroxylation sites is 1. The zero-order chi connectivity index (χ0) is 14.1. The van der Waals surface area contributed by atoms with Crippen LogP contribution in [-0.2, 0) is 16.1 Å². The van der Waals surface area contributed by atoms with E-state index in [-0.39, 0.29) is 18.0 Å². The van der Waals surface area contributed by atoms with Crippen molar-refractivity contribution in [1.29, 1.82) is 0 Å². The molecule has 5 nitrogen and oxygen atoms in total. The second kappa shape index (κ2) is 5.20. The number of nitrogens with zero attached hydrogens (tertiary/aromatic N) is 2. The highest BCUT2D eigenvalue weighted by Gasteiger charge is 2.24. The van der Waals surface area contributed by atoms with Crippen LogP contribution in [0.4, 0.5) is 4.39 Å². The molecule has 1 aliphatic rings. The SMILES string of the molecule is O=C(O)Cn1c(C2CCOCC2)nc2c(F)cccc21. The number of hydrogen-bond donors (Lipinski definition) is 1. The summed E-state index contributed by atoms with van der Waals surface area (Å²) in [5.74, 6) is -0.604. The second-order valence-electron chi connectivity index (χ2n) is 4.94. The number of fused-ring (bicyclic) bond motifs is 1. The maximum atomic E-state index is 13.8. The normalized spacial score (nSPS) is 16.6. The van der Waals surface area contributed by atoms with Crippen LogP contribution in [0.25, 0.3) is 11.0 Å². The third-order valence-corrected chi connectivity index (χ3v) is 3.64. The molecule has 0 atom stereocenters. The molecule has 6 heteroatoms. The van der Waals surface area contributed by atoms with Gasteiger partial charge in [-0.3, -0.25) is 4.79 Å². The van der Waals surface area contributed by atoms with E-state index in [0.29, 0.717) is 24.6 Å². The van der Waals surface area contributed by atoms with E-state index in [4.69, 9.17) is 9.84 Å². The fraction of sp³-hybridized carbons (Fsp3) is 0.429. The molecule has 1 aromatic carbocycles. The molecule has 0 amide bonds. The van der Waals surface area contributed by atoms with Gasteiger partial charge >= 0.3 is 5.97 Å². The summed E-state index contributed by atoms with van der Waals surface area (Å²) in [4.78, 5) is 15.4. The molecule has 1 saturated heterocycles. The fourth-order valence-electron chi connectivity index (χ4n) is 2.70. The molecule has 2 aromatic rings. The van der Waals surface area contributed by atoms with Gasteiger partial charge in [0.1, 0.15) is 17.9 Å². The van der Waals surface area contributed by atoms with Crippen molar-refractivity contribution in [2.75, 3.05) is 13.2 Å². The third kappa shape index (κ3) is 2.27. The minimum Gasteiger partial charge on any atom is -0.480 e. The molecule has 1 fully saturated rings. The number of carboxylic acids is 1. The second-order valence-corrected chi connectivity index (χ2v) is 4.94. The van der Waals surface area contributed by atoms with Gasteiger partial charge in [-0.2, -0.15) is 0 Å². The summed E-state index contributed by atoms with van der Waals surface area (Å²) in [6.07, 6.45) is 1.56. The first-order valence-corrected chi connectivity index (χ1v) is 6.61. The number of rotatable bonds is 3. The van der Waals surface area contributed by atoms with E-state index in [1.807, 2.05) is 0 Å². The zero-order valence-electron chi connectivity index (χ0n) is 10.9. The van der Waals surface area contributed by atoms with Crippen LogP contribution < -0.4 is 0 Å². The van der Waals surface area contributed by atoms with Gasteiger partial charge in [-0.15, -0.1) is 0 Å². The van der Waals surface area contributed by atoms with E-state index < -0.39 is 11.8 Å². The van der Waals surface area contributed by atoms with Crippen molar-refractivity contribution in [3.63, 3.8) is 0 Å². The number of carboxylic acid groups (broad SMARTS) is 1. The van der Waals surface area contributed by atoms with E-state index >= 15 is 0 Å². The highest BCUT2D eigenvalue weighted by molar-refractivity contribution is 5.79. The van der Waals surface area contributed by atoms with Crippen LogP contribution in [0.5, 0.6) is 0 Å². The van der Waals surface area contributed by atoms with E-state index in [1.165, 1.54) is 6.07 Å². The van der Waals surface area contributed by atoms with Crippen LogP contribution in [0.15, 0.2) is 18.2 Å². The Labute approximate surface area is 115 Å². The molecule has 0 radical (unpaired) electrons. The van der Waals surface area contributed by atoms with Crippen LogP contribution >= 0.6 is 0 Å². The molecule has 20 heavy (non-hydrogen) atoms. The van der Waals surface area contributed by atoms with Gasteiger partial charge in [-0.1, -0.05) is 6.07 Å². The molecule has 1 N–H and O–H groups in total. The van der Waals surface area contributed by atoms with E-state index in [0.717, 1.165) is 12.8 Å². The Kier molecular flexibility index (Phi) is 3.40. The molecule has 106 valence electrons. The maximum absolute atomic E-state index is 13.8. The predicted molar refractivity (Wildman–Crippen MR) is 70.1 cm³/mol. The molecule has 0 spiro atoms. The van der Waals surface area contributed by atoms with Crippen molar-refractivity contribution in [2.45, 2.75) is 25.3 Å². The van der Waals surface area contributed by atoms with Crippen molar-refractivity contribution in [3.05, 3.63) is 29.8 Å². The summed E-state index contributed by atoms with van der Waals surface area (Å²) in [7, 11) is 0. The largest absolute Gasteiger partial charge is 0.480 e. The predicted octanol–water partition coefficient (Wildman–Crippen LogP) is 2.15. The minimum atomic E-state index is -0.957. The molecule has 0 aliphatic carbocycles. The fourth-order valence-corrected chi connectivity index (χ4v) is 2.70. The number of imidazole rings is 1. The van der Waals surface area contributed by atoms with Gasteiger partial charge in [0, 0.05) is 19.1 Å². The lowest BCUT2D eigenvalue weighted by atomic mass is 9.99. The quantitative estimate of drug-likeness (QED) is 0.934. The number of hydrogen-bond acceptors (Lipinski definition) is 3. The number of benzene rings is 1.